The zero-order chi connectivity index (χ0) is 14.1. The minimum absolute atomic E-state index is 0.177. The minimum Gasteiger partial charge on any atom is -0.368 e. The van der Waals surface area contributed by atoms with Gasteiger partial charge in [0.15, 0.2) is 11.5 Å². The van der Waals surface area contributed by atoms with E-state index in [0.717, 1.165) is 5.52 Å². The number of nitrogens with zero attached hydrogens (tertiary/aromatic N) is 3. The van der Waals surface area contributed by atoms with E-state index in [9.17, 15) is 0 Å². The molecule has 3 aromatic rings. The summed E-state index contributed by atoms with van der Waals surface area (Å²) in [6, 6.07) is 4.35. The lowest BCUT2D eigenvalue weighted by Crippen LogP contribution is -2.17. The van der Waals surface area contributed by atoms with Crippen molar-refractivity contribution < 1.29 is 0 Å². The molecule has 104 valence electrons. The third-order valence-electron chi connectivity index (χ3n) is 3.11. The van der Waals surface area contributed by atoms with Crippen LogP contribution in [0.15, 0.2) is 23.8 Å². The van der Waals surface area contributed by atoms with Gasteiger partial charge in [-0.05, 0) is 17.4 Å². The zero-order valence-corrected chi connectivity index (χ0v) is 12.1. The van der Waals surface area contributed by atoms with Crippen molar-refractivity contribution in [2.75, 3.05) is 11.1 Å². The molecule has 7 heteroatoms. The maximum absolute atomic E-state index is 5.74. The summed E-state index contributed by atoms with van der Waals surface area (Å²) in [7, 11) is 0. The standard InChI is InChI=1S/C13H16N6S/c1-7(2)9(8-4-3-5-20-8)17-12-10-11(16-6-15-10)18-13(14)19-12/h3-7,9H,1-2H3,(H4,14,15,16,17,18,19). The van der Waals surface area contributed by atoms with Gasteiger partial charge in [0.1, 0.15) is 5.52 Å². The molecule has 0 amide bonds. The van der Waals surface area contributed by atoms with E-state index in [0.29, 0.717) is 17.4 Å². The summed E-state index contributed by atoms with van der Waals surface area (Å²) in [6.45, 7) is 4.35. The van der Waals surface area contributed by atoms with Crippen molar-refractivity contribution in [2.45, 2.75) is 19.9 Å². The number of anilines is 2. The highest BCUT2D eigenvalue weighted by molar-refractivity contribution is 7.10. The number of nitrogens with one attached hydrogen (secondary N) is 2. The number of nitrogens with two attached hydrogens (primary N) is 1. The van der Waals surface area contributed by atoms with Gasteiger partial charge < -0.3 is 16.0 Å². The normalized spacial score (nSPS) is 12.9. The first-order chi connectivity index (χ1) is 9.65. The average molecular weight is 288 g/mol. The fourth-order valence-electron chi connectivity index (χ4n) is 2.14. The van der Waals surface area contributed by atoms with Gasteiger partial charge in [-0.1, -0.05) is 19.9 Å². The van der Waals surface area contributed by atoms with Crippen LogP contribution in [0.3, 0.4) is 0 Å². The van der Waals surface area contributed by atoms with Gasteiger partial charge in [-0.25, -0.2) is 4.98 Å². The Morgan fingerprint density at radius 3 is 2.90 bits per heavy atom. The molecule has 0 aliphatic carbocycles. The molecule has 1 unspecified atom stereocenters. The predicted molar refractivity (Wildman–Crippen MR) is 81.6 cm³/mol. The number of hydrogen-bond acceptors (Lipinski definition) is 6. The minimum atomic E-state index is 0.177. The number of aromatic nitrogens is 4. The van der Waals surface area contributed by atoms with E-state index >= 15 is 0 Å². The molecule has 0 aliphatic heterocycles. The second kappa shape index (κ2) is 5.09. The smallest absolute Gasteiger partial charge is 0.224 e. The first-order valence-electron chi connectivity index (χ1n) is 6.41. The molecular formula is C13H16N6S. The largest absolute Gasteiger partial charge is 0.368 e. The second-order valence-corrected chi connectivity index (χ2v) is 5.89. The molecule has 0 spiro atoms. The van der Waals surface area contributed by atoms with Crippen molar-refractivity contribution >= 4 is 34.3 Å². The molecule has 0 bridgehead atoms. The molecule has 1 atom stereocenters. The fraction of sp³-hybridized carbons (Fsp3) is 0.308. The van der Waals surface area contributed by atoms with Gasteiger partial charge in [-0.15, -0.1) is 11.3 Å². The molecule has 0 aliphatic rings. The van der Waals surface area contributed by atoms with Crippen LogP contribution in [-0.4, -0.2) is 19.9 Å². The van der Waals surface area contributed by atoms with Gasteiger partial charge in [0.2, 0.25) is 5.95 Å². The fourth-order valence-corrected chi connectivity index (χ4v) is 3.09. The molecule has 0 saturated heterocycles. The lowest BCUT2D eigenvalue weighted by molar-refractivity contribution is 0.552. The van der Waals surface area contributed by atoms with Crippen LogP contribution in [0.2, 0.25) is 0 Å². The number of nitrogen functional groups attached to an aromatic ring is 1. The topological polar surface area (TPSA) is 92.5 Å². The van der Waals surface area contributed by atoms with Gasteiger partial charge in [0.25, 0.3) is 0 Å². The van der Waals surface area contributed by atoms with Crippen LogP contribution >= 0.6 is 11.3 Å². The van der Waals surface area contributed by atoms with Crippen LogP contribution in [0, 0.1) is 5.92 Å². The highest BCUT2D eigenvalue weighted by Crippen LogP contribution is 2.31. The lowest BCUT2D eigenvalue weighted by Gasteiger charge is -2.22. The SMILES string of the molecule is CC(C)C(Nc1nc(N)nc2nc[nH]c12)c1cccs1. The Kier molecular flexibility index (Phi) is 3.27. The Bertz CT molecular complexity index is 703. The third kappa shape index (κ3) is 2.32. The Morgan fingerprint density at radius 1 is 1.35 bits per heavy atom. The molecule has 0 radical (unpaired) electrons. The van der Waals surface area contributed by atoms with E-state index < -0.39 is 0 Å². The molecule has 0 aromatic carbocycles. The summed E-state index contributed by atoms with van der Waals surface area (Å²) in [4.78, 5) is 16.8. The second-order valence-electron chi connectivity index (χ2n) is 4.91. The number of rotatable bonds is 4. The van der Waals surface area contributed by atoms with Gasteiger partial charge >= 0.3 is 0 Å². The molecule has 3 aromatic heterocycles. The first-order valence-corrected chi connectivity index (χ1v) is 7.29. The summed E-state index contributed by atoms with van der Waals surface area (Å²) in [6.07, 6.45) is 1.60. The lowest BCUT2D eigenvalue weighted by atomic mass is 10.0. The monoisotopic (exact) mass is 288 g/mol. The van der Waals surface area contributed by atoms with E-state index in [1.165, 1.54) is 4.88 Å². The van der Waals surface area contributed by atoms with Crippen LogP contribution in [0.1, 0.15) is 24.8 Å². The summed E-state index contributed by atoms with van der Waals surface area (Å²) < 4.78 is 0. The molecule has 3 rings (SSSR count). The number of imidazole rings is 1. The van der Waals surface area contributed by atoms with Crippen molar-refractivity contribution in [1.82, 2.24) is 19.9 Å². The molecule has 0 fully saturated rings. The van der Waals surface area contributed by atoms with Gasteiger partial charge in [-0.3, -0.25) is 0 Å². The molecule has 20 heavy (non-hydrogen) atoms. The van der Waals surface area contributed by atoms with Gasteiger partial charge in [0.05, 0.1) is 12.4 Å². The highest BCUT2D eigenvalue weighted by atomic mass is 32.1. The Hall–Kier alpha value is -2.15. The average Bonchev–Trinajstić information content (AvgIpc) is 3.05. The molecule has 4 N–H and O–H groups in total. The molecule has 6 nitrogen and oxygen atoms in total. The van der Waals surface area contributed by atoms with Crippen molar-refractivity contribution in [3.63, 3.8) is 0 Å². The van der Waals surface area contributed by atoms with E-state index in [1.54, 1.807) is 17.7 Å². The predicted octanol–water partition coefficient (Wildman–Crippen LogP) is 2.81. The molecular weight excluding hydrogens is 272 g/mol. The summed E-state index contributed by atoms with van der Waals surface area (Å²) in [5.41, 5.74) is 7.10. The van der Waals surface area contributed by atoms with Crippen molar-refractivity contribution in [3.8, 4) is 0 Å². The van der Waals surface area contributed by atoms with Crippen LogP contribution in [0.4, 0.5) is 11.8 Å². The quantitative estimate of drug-likeness (QED) is 0.686. The third-order valence-corrected chi connectivity index (χ3v) is 4.07. The zero-order valence-electron chi connectivity index (χ0n) is 11.3. The maximum atomic E-state index is 5.74. The molecule has 0 saturated carbocycles. The maximum Gasteiger partial charge on any atom is 0.224 e. The number of fused-ring (bicyclic) bond motifs is 1. The van der Waals surface area contributed by atoms with Crippen molar-refractivity contribution in [2.24, 2.45) is 5.92 Å². The van der Waals surface area contributed by atoms with Crippen molar-refractivity contribution in [3.05, 3.63) is 28.7 Å². The van der Waals surface area contributed by atoms with Crippen LogP contribution in [-0.2, 0) is 0 Å². The van der Waals surface area contributed by atoms with Crippen LogP contribution in [0.5, 0.6) is 0 Å². The number of aromatic amines is 1. The summed E-state index contributed by atoms with van der Waals surface area (Å²) in [5.74, 6) is 1.33. The Labute approximate surface area is 120 Å². The number of hydrogen-bond donors (Lipinski definition) is 3. The first kappa shape index (κ1) is 12.9. The Balaban J connectivity index is 2.00. The van der Waals surface area contributed by atoms with E-state index in [-0.39, 0.29) is 12.0 Å². The summed E-state index contributed by atoms with van der Waals surface area (Å²) >= 11 is 1.73. The van der Waals surface area contributed by atoms with E-state index in [2.05, 4.69) is 56.6 Å². The van der Waals surface area contributed by atoms with Crippen molar-refractivity contribution in [1.29, 1.82) is 0 Å². The van der Waals surface area contributed by atoms with Gasteiger partial charge in [-0.2, -0.15) is 9.97 Å². The molecule has 3 heterocycles. The summed E-state index contributed by atoms with van der Waals surface area (Å²) in [5, 5.41) is 5.53. The number of H-pyrrole nitrogens is 1. The Morgan fingerprint density at radius 2 is 2.20 bits per heavy atom. The van der Waals surface area contributed by atoms with E-state index in [4.69, 9.17) is 5.73 Å². The van der Waals surface area contributed by atoms with Crippen LogP contribution < -0.4 is 11.1 Å². The van der Waals surface area contributed by atoms with Crippen LogP contribution in [0.25, 0.3) is 11.2 Å². The highest BCUT2D eigenvalue weighted by Gasteiger charge is 2.19. The van der Waals surface area contributed by atoms with Gasteiger partial charge in [0, 0.05) is 4.88 Å². The van der Waals surface area contributed by atoms with E-state index in [1.807, 2.05) is 0 Å². The number of thiophene rings is 1.